The van der Waals surface area contributed by atoms with Crippen LogP contribution in [-0.2, 0) is 37.3 Å². The van der Waals surface area contributed by atoms with E-state index in [1.807, 2.05) is 24.3 Å². The highest BCUT2D eigenvalue weighted by molar-refractivity contribution is 7.89. The molecule has 1 saturated heterocycles. The lowest BCUT2D eigenvalue weighted by Crippen LogP contribution is -2.35. The molecule has 1 aliphatic rings. The van der Waals surface area contributed by atoms with Gasteiger partial charge < -0.3 is 14.6 Å². The molecule has 1 N–H and O–H groups in total. The Balaban J connectivity index is 1.35. The van der Waals surface area contributed by atoms with E-state index in [4.69, 9.17) is 4.74 Å². The largest absolute Gasteiger partial charge is 0.456 e. The van der Waals surface area contributed by atoms with Gasteiger partial charge >= 0.3 is 5.97 Å². The minimum absolute atomic E-state index is 0.0890. The van der Waals surface area contributed by atoms with Gasteiger partial charge in [0.1, 0.15) is 5.69 Å². The molecule has 0 radical (unpaired) electrons. The Morgan fingerprint density at radius 3 is 2.58 bits per heavy atom. The SMILES string of the molecule is CCCCn1c(=O)c(CCC(=O)OCC(=O)Nc2cc(S(=O)(=O)N3CCCCC3)ccc2C)nc2ccccc21. The van der Waals surface area contributed by atoms with Crippen LogP contribution in [-0.4, -0.2) is 53.8 Å². The number of unbranched alkanes of at least 4 members (excludes halogenated alkanes) is 1. The van der Waals surface area contributed by atoms with Crippen LogP contribution in [0.25, 0.3) is 11.0 Å². The Labute approximate surface area is 234 Å². The van der Waals surface area contributed by atoms with Crippen molar-refractivity contribution in [2.24, 2.45) is 0 Å². The normalized spacial score (nSPS) is 14.2. The summed E-state index contributed by atoms with van der Waals surface area (Å²) in [6.45, 7) is 4.80. The van der Waals surface area contributed by atoms with Crippen LogP contribution in [0, 0.1) is 6.92 Å². The van der Waals surface area contributed by atoms with Crippen LogP contribution in [0.5, 0.6) is 0 Å². The summed E-state index contributed by atoms with van der Waals surface area (Å²) < 4.78 is 34.4. The molecule has 4 rings (SSSR count). The number of nitrogens with one attached hydrogen (secondary N) is 1. The lowest BCUT2D eigenvalue weighted by Gasteiger charge is -2.26. The number of piperidine rings is 1. The number of sulfonamides is 1. The number of benzene rings is 2. The minimum Gasteiger partial charge on any atom is -0.456 e. The number of aryl methyl sites for hydroxylation is 3. The number of anilines is 1. The molecule has 0 aliphatic carbocycles. The van der Waals surface area contributed by atoms with E-state index in [1.165, 1.54) is 16.4 Å². The maximum absolute atomic E-state index is 13.0. The molecular weight excluding hydrogens is 532 g/mol. The fourth-order valence-corrected chi connectivity index (χ4v) is 6.27. The van der Waals surface area contributed by atoms with Crippen molar-refractivity contribution in [1.82, 2.24) is 13.9 Å². The molecule has 2 aromatic carbocycles. The standard InChI is InChI=1S/C29H36N4O6S/c1-3-4-18-33-26-11-7-6-10-23(26)30-24(29(33)36)14-15-28(35)39-20-27(34)31-25-19-22(13-12-21(25)2)40(37,38)32-16-8-5-9-17-32/h6-7,10-13,19H,3-5,8-9,14-18,20H2,1-2H3,(H,31,34). The smallest absolute Gasteiger partial charge is 0.306 e. The van der Waals surface area contributed by atoms with Crippen molar-refractivity contribution in [2.45, 2.75) is 70.2 Å². The molecule has 1 aliphatic heterocycles. The van der Waals surface area contributed by atoms with E-state index in [2.05, 4.69) is 17.2 Å². The van der Waals surface area contributed by atoms with E-state index in [0.717, 1.165) is 37.6 Å². The van der Waals surface area contributed by atoms with Crippen LogP contribution >= 0.6 is 0 Å². The Hall–Kier alpha value is -3.57. The van der Waals surface area contributed by atoms with Crippen molar-refractivity contribution < 1.29 is 22.7 Å². The van der Waals surface area contributed by atoms with Crippen LogP contribution < -0.4 is 10.9 Å². The maximum Gasteiger partial charge on any atom is 0.306 e. The summed E-state index contributed by atoms with van der Waals surface area (Å²) in [4.78, 5) is 42.6. The maximum atomic E-state index is 13.0. The molecule has 0 atom stereocenters. The fraction of sp³-hybridized carbons (Fsp3) is 0.448. The van der Waals surface area contributed by atoms with Gasteiger partial charge in [-0.05, 0) is 56.0 Å². The molecular formula is C29H36N4O6S. The Bertz CT molecular complexity index is 1540. The zero-order valence-electron chi connectivity index (χ0n) is 23.0. The molecule has 40 heavy (non-hydrogen) atoms. The highest BCUT2D eigenvalue weighted by Gasteiger charge is 2.26. The zero-order valence-corrected chi connectivity index (χ0v) is 23.8. The number of carbonyl (C=O) groups excluding carboxylic acids is 2. The monoisotopic (exact) mass is 568 g/mol. The quantitative estimate of drug-likeness (QED) is 0.349. The zero-order chi connectivity index (χ0) is 28.7. The third kappa shape index (κ3) is 6.95. The number of aromatic nitrogens is 2. The number of nitrogens with zero attached hydrogens (tertiary/aromatic N) is 3. The molecule has 1 aromatic heterocycles. The average molecular weight is 569 g/mol. The number of fused-ring (bicyclic) bond motifs is 1. The van der Waals surface area contributed by atoms with Crippen LogP contribution in [0.4, 0.5) is 5.69 Å². The number of para-hydroxylation sites is 2. The predicted octanol–water partition coefficient (Wildman–Crippen LogP) is 3.79. The van der Waals surface area contributed by atoms with Gasteiger partial charge in [-0.1, -0.05) is 38.0 Å². The second-order valence-electron chi connectivity index (χ2n) is 10.0. The molecule has 2 heterocycles. The molecule has 0 bridgehead atoms. The number of hydrogen-bond donors (Lipinski definition) is 1. The van der Waals surface area contributed by atoms with Gasteiger partial charge in [0, 0.05) is 31.7 Å². The molecule has 0 unspecified atom stereocenters. The lowest BCUT2D eigenvalue weighted by atomic mass is 10.2. The molecule has 10 nitrogen and oxygen atoms in total. The van der Waals surface area contributed by atoms with Gasteiger partial charge in [-0.15, -0.1) is 0 Å². The Morgan fingerprint density at radius 1 is 1.07 bits per heavy atom. The first-order valence-electron chi connectivity index (χ1n) is 13.8. The van der Waals surface area contributed by atoms with Gasteiger partial charge in [0.05, 0.1) is 22.3 Å². The number of carbonyl (C=O) groups is 2. The summed E-state index contributed by atoms with van der Waals surface area (Å²) in [7, 11) is -3.66. The van der Waals surface area contributed by atoms with Crippen molar-refractivity contribution in [3.05, 3.63) is 64.1 Å². The first-order chi connectivity index (χ1) is 19.2. The average Bonchev–Trinajstić information content (AvgIpc) is 2.96. The van der Waals surface area contributed by atoms with E-state index >= 15 is 0 Å². The summed E-state index contributed by atoms with van der Waals surface area (Å²) in [5.74, 6) is -1.22. The van der Waals surface area contributed by atoms with Crippen molar-refractivity contribution >= 4 is 38.6 Å². The summed E-state index contributed by atoms with van der Waals surface area (Å²) in [6, 6.07) is 12.0. The van der Waals surface area contributed by atoms with Gasteiger partial charge in [0.15, 0.2) is 6.61 Å². The third-order valence-corrected chi connectivity index (χ3v) is 8.92. The van der Waals surface area contributed by atoms with Gasteiger partial charge in [-0.3, -0.25) is 14.4 Å². The Morgan fingerprint density at radius 2 is 1.82 bits per heavy atom. The topological polar surface area (TPSA) is 128 Å². The summed E-state index contributed by atoms with van der Waals surface area (Å²) in [5.41, 5.74) is 2.50. The summed E-state index contributed by atoms with van der Waals surface area (Å²) in [6.07, 6.45) is 4.42. The third-order valence-electron chi connectivity index (χ3n) is 7.02. The minimum atomic E-state index is -3.66. The van der Waals surface area contributed by atoms with E-state index in [1.54, 1.807) is 17.6 Å². The molecule has 0 spiro atoms. The molecule has 1 fully saturated rings. The van der Waals surface area contributed by atoms with E-state index in [9.17, 15) is 22.8 Å². The Kier molecular flexibility index (Phi) is 9.70. The van der Waals surface area contributed by atoms with Crippen molar-refractivity contribution in [3.63, 3.8) is 0 Å². The number of rotatable bonds is 11. The van der Waals surface area contributed by atoms with Crippen molar-refractivity contribution in [1.29, 1.82) is 0 Å². The lowest BCUT2D eigenvalue weighted by molar-refractivity contribution is -0.147. The first-order valence-corrected chi connectivity index (χ1v) is 15.2. The van der Waals surface area contributed by atoms with Crippen LogP contribution in [0.3, 0.4) is 0 Å². The number of hydrogen-bond acceptors (Lipinski definition) is 7. The molecule has 11 heteroatoms. The van der Waals surface area contributed by atoms with Crippen LogP contribution in [0.2, 0.25) is 0 Å². The predicted molar refractivity (Wildman–Crippen MR) is 153 cm³/mol. The van der Waals surface area contributed by atoms with Gasteiger partial charge in [-0.2, -0.15) is 4.31 Å². The summed E-state index contributed by atoms with van der Waals surface area (Å²) in [5, 5.41) is 2.65. The number of esters is 1. The summed E-state index contributed by atoms with van der Waals surface area (Å²) >= 11 is 0. The van der Waals surface area contributed by atoms with E-state index < -0.39 is 28.5 Å². The van der Waals surface area contributed by atoms with Gasteiger partial charge in [-0.25, -0.2) is 13.4 Å². The first kappa shape index (κ1) is 29.4. The highest BCUT2D eigenvalue weighted by Crippen LogP contribution is 2.25. The second-order valence-corrected chi connectivity index (χ2v) is 11.9. The van der Waals surface area contributed by atoms with E-state index in [-0.39, 0.29) is 29.0 Å². The van der Waals surface area contributed by atoms with Crippen molar-refractivity contribution in [3.8, 4) is 0 Å². The second kappa shape index (κ2) is 13.2. The van der Waals surface area contributed by atoms with Crippen molar-refractivity contribution in [2.75, 3.05) is 25.0 Å². The number of amides is 1. The molecule has 0 saturated carbocycles. The van der Waals surface area contributed by atoms with Crippen LogP contribution in [0.1, 0.15) is 56.7 Å². The molecule has 1 amide bonds. The molecule has 214 valence electrons. The van der Waals surface area contributed by atoms with E-state index in [0.29, 0.717) is 36.4 Å². The van der Waals surface area contributed by atoms with Gasteiger partial charge in [0.2, 0.25) is 10.0 Å². The van der Waals surface area contributed by atoms with Crippen LogP contribution in [0.15, 0.2) is 52.2 Å². The molecule has 3 aromatic rings. The van der Waals surface area contributed by atoms with Gasteiger partial charge in [0.25, 0.3) is 11.5 Å². The fourth-order valence-electron chi connectivity index (χ4n) is 4.72. The highest BCUT2D eigenvalue weighted by atomic mass is 32.2. The number of ether oxygens (including phenoxy) is 1.